The lowest BCUT2D eigenvalue weighted by molar-refractivity contribution is 0.584. The van der Waals surface area contributed by atoms with E-state index < -0.39 is 5.95 Å². The lowest BCUT2D eigenvalue weighted by Gasteiger charge is -2.07. The minimum Gasteiger partial charge on any atom is -0.365 e. The second-order valence-electron chi connectivity index (χ2n) is 3.30. The summed E-state index contributed by atoms with van der Waals surface area (Å²) in [5.41, 5.74) is 1.14. The standard InChI is InChI=1S/C12H10FIN2/c13-11-7-6-10(14)12(16-11)15-8-9-4-2-1-3-5-9/h1-7H,8H2,(H,15,16). The molecule has 0 bridgehead atoms. The fraction of sp³-hybridized carbons (Fsp3) is 0.0833. The van der Waals surface area contributed by atoms with E-state index in [1.54, 1.807) is 6.07 Å². The molecule has 16 heavy (non-hydrogen) atoms. The summed E-state index contributed by atoms with van der Waals surface area (Å²) < 4.78 is 13.8. The second kappa shape index (κ2) is 5.25. The van der Waals surface area contributed by atoms with Crippen molar-refractivity contribution in [1.29, 1.82) is 0 Å². The Morgan fingerprint density at radius 1 is 1.12 bits per heavy atom. The van der Waals surface area contributed by atoms with E-state index in [2.05, 4.69) is 32.9 Å². The van der Waals surface area contributed by atoms with Crippen molar-refractivity contribution in [3.8, 4) is 0 Å². The molecule has 1 N–H and O–H groups in total. The Balaban J connectivity index is 2.08. The van der Waals surface area contributed by atoms with Crippen LogP contribution in [0.5, 0.6) is 0 Å². The summed E-state index contributed by atoms with van der Waals surface area (Å²) in [5, 5.41) is 3.11. The Morgan fingerprint density at radius 2 is 1.88 bits per heavy atom. The average molecular weight is 328 g/mol. The smallest absolute Gasteiger partial charge is 0.214 e. The average Bonchev–Trinajstić information content (AvgIpc) is 2.32. The van der Waals surface area contributed by atoms with E-state index >= 15 is 0 Å². The van der Waals surface area contributed by atoms with E-state index in [0.717, 1.165) is 9.13 Å². The normalized spacial score (nSPS) is 10.1. The third-order valence-electron chi connectivity index (χ3n) is 2.11. The van der Waals surface area contributed by atoms with Gasteiger partial charge in [0.05, 0.1) is 3.57 Å². The fourth-order valence-electron chi connectivity index (χ4n) is 1.32. The fourth-order valence-corrected chi connectivity index (χ4v) is 1.82. The Hall–Kier alpha value is -1.17. The molecule has 0 atom stereocenters. The van der Waals surface area contributed by atoms with Crippen molar-refractivity contribution in [3.63, 3.8) is 0 Å². The lowest BCUT2D eigenvalue weighted by atomic mass is 10.2. The first kappa shape index (κ1) is 11.3. The van der Waals surface area contributed by atoms with E-state index in [4.69, 9.17) is 0 Å². The van der Waals surface area contributed by atoms with Gasteiger partial charge in [0.1, 0.15) is 5.82 Å². The van der Waals surface area contributed by atoms with Crippen molar-refractivity contribution in [2.75, 3.05) is 5.32 Å². The second-order valence-corrected chi connectivity index (χ2v) is 4.47. The molecule has 2 rings (SSSR count). The molecule has 1 aromatic heterocycles. The van der Waals surface area contributed by atoms with E-state index in [9.17, 15) is 4.39 Å². The van der Waals surface area contributed by atoms with E-state index in [0.29, 0.717) is 12.4 Å². The highest BCUT2D eigenvalue weighted by Crippen LogP contribution is 2.16. The van der Waals surface area contributed by atoms with Gasteiger partial charge in [-0.05, 0) is 40.3 Å². The Labute approximate surface area is 107 Å². The minimum atomic E-state index is -0.462. The molecule has 0 fully saturated rings. The summed E-state index contributed by atoms with van der Waals surface area (Å²) in [6.07, 6.45) is 0. The Morgan fingerprint density at radius 3 is 2.62 bits per heavy atom. The van der Waals surface area contributed by atoms with Crippen LogP contribution in [0.3, 0.4) is 0 Å². The number of pyridine rings is 1. The van der Waals surface area contributed by atoms with Crippen LogP contribution in [0.1, 0.15) is 5.56 Å². The number of anilines is 1. The SMILES string of the molecule is Fc1ccc(I)c(NCc2ccccc2)n1. The zero-order valence-corrected chi connectivity index (χ0v) is 10.6. The van der Waals surface area contributed by atoms with Gasteiger partial charge in [0, 0.05) is 6.54 Å². The molecule has 0 saturated carbocycles. The van der Waals surface area contributed by atoms with Crippen molar-refractivity contribution < 1.29 is 4.39 Å². The van der Waals surface area contributed by atoms with E-state index in [1.807, 2.05) is 30.3 Å². The van der Waals surface area contributed by atoms with Gasteiger partial charge in [-0.25, -0.2) is 4.98 Å². The Bertz CT molecular complexity index is 474. The summed E-state index contributed by atoms with van der Waals surface area (Å²) in [7, 11) is 0. The number of nitrogens with one attached hydrogen (secondary N) is 1. The predicted octanol–water partition coefficient (Wildman–Crippen LogP) is 3.44. The molecule has 4 heteroatoms. The first-order valence-corrected chi connectivity index (χ1v) is 5.93. The predicted molar refractivity (Wildman–Crippen MR) is 70.7 cm³/mol. The molecule has 2 aromatic rings. The molecule has 2 nitrogen and oxygen atoms in total. The number of aromatic nitrogens is 1. The molecular formula is C12H10FIN2. The van der Waals surface area contributed by atoms with Crippen LogP contribution in [0.4, 0.5) is 10.2 Å². The summed E-state index contributed by atoms with van der Waals surface area (Å²) in [6.45, 7) is 0.646. The maximum atomic E-state index is 12.9. The number of halogens is 2. The van der Waals surface area contributed by atoms with Gasteiger partial charge >= 0.3 is 0 Å². The van der Waals surface area contributed by atoms with Gasteiger partial charge in [-0.1, -0.05) is 30.3 Å². The van der Waals surface area contributed by atoms with Crippen LogP contribution in [-0.4, -0.2) is 4.98 Å². The number of nitrogens with zero attached hydrogens (tertiary/aromatic N) is 1. The number of hydrogen-bond donors (Lipinski definition) is 1. The highest BCUT2D eigenvalue weighted by Gasteiger charge is 2.02. The maximum Gasteiger partial charge on any atom is 0.214 e. The van der Waals surface area contributed by atoms with Crippen LogP contribution >= 0.6 is 22.6 Å². The molecule has 0 aliphatic carbocycles. The van der Waals surface area contributed by atoms with Crippen molar-refractivity contribution in [2.24, 2.45) is 0 Å². The Kier molecular flexibility index (Phi) is 3.71. The summed E-state index contributed by atoms with van der Waals surface area (Å²) >= 11 is 2.13. The van der Waals surface area contributed by atoms with Crippen molar-refractivity contribution in [3.05, 3.63) is 57.5 Å². The molecule has 0 aliphatic rings. The highest BCUT2D eigenvalue weighted by atomic mass is 127. The first-order valence-electron chi connectivity index (χ1n) is 4.85. The van der Waals surface area contributed by atoms with Gasteiger partial charge in [-0.2, -0.15) is 4.39 Å². The molecule has 0 saturated heterocycles. The third kappa shape index (κ3) is 2.91. The van der Waals surface area contributed by atoms with Crippen molar-refractivity contribution in [1.82, 2.24) is 4.98 Å². The van der Waals surface area contributed by atoms with Crippen LogP contribution in [0.15, 0.2) is 42.5 Å². The molecule has 0 unspecified atom stereocenters. The third-order valence-corrected chi connectivity index (χ3v) is 2.99. The number of rotatable bonds is 3. The largest absolute Gasteiger partial charge is 0.365 e. The monoisotopic (exact) mass is 328 g/mol. The van der Waals surface area contributed by atoms with Gasteiger partial charge in [-0.15, -0.1) is 0 Å². The zero-order chi connectivity index (χ0) is 11.4. The molecule has 1 heterocycles. The summed E-state index contributed by atoms with van der Waals surface area (Å²) in [6, 6.07) is 13.0. The van der Waals surface area contributed by atoms with Crippen LogP contribution in [-0.2, 0) is 6.54 Å². The van der Waals surface area contributed by atoms with Crippen molar-refractivity contribution >= 4 is 28.4 Å². The lowest BCUT2D eigenvalue weighted by Crippen LogP contribution is -2.03. The molecule has 0 amide bonds. The van der Waals surface area contributed by atoms with Crippen molar-refractivity contribution in [2.45, 2.75) is 6.54 Å². The highest BCUT2D eigenvalue weighted by molar-refractivity contribution is 14.1. The molecule has 0 spiro atoms. The first-order chi connectivity index (χ1) is 7.75. The molecule has 0 aliphatic heterocycles. The number of benzene rings is 1. The molecule has 1 aromatic carbocycles. The quantitative estimate of drug-likeness (QED) is 0.690. The van der Waals surface area contributed by atoms with Gasteiger partial charge in [0.25, 0.3) is 0 Å². The van der Waals surface area contributed by atoms with Gasteiger partial charge in [0.15, 0.2) is 0 Å². The summed E-state index contributed by atoms with van der Waals surface area (Å²) in [5.74, 6) is 0.125. The van der Waals surface area contributed by atoms with Gasteiger partial charge in [0.2, 0.25) is 5.95 Å². The van der Waals surface area contributed by atoms with Gasteiger partial charge in [-0.3, -0.25) is 0 Å². The molecule has 0 radical (unpaired) electrons. The van der Waals surface area contributed by atoms with Crippen LogP contribution in [0.25, 0.3) is 0 Å². The van der Waals surface area contributed by atoms with Crippen LogP contribution < -0.4 is 5.32 Å². The summed E-state index contributed by atoms with van der Waals surface area (Å²) in [4.78, 5) is 3.80. The maximum absolute atomic E-state index is 12.9. The zero-order valence-electron chi connectivity index (χ0n) is 8.45. The molecular weight excluding hydrogens is 318 g/mol. The van der Waals surface area contributed by atoms with E-state index in [-0.39, 0.29) is 0 Å². The van der Waals surface area contributed by atoms with Crippen LogP contribution in [0, 0.1) is 9.52 Å². The molecule has 82 valence electrons. The number of hydrogen-bond acceptors (Lipinski definition) is 2. The topological polar surface area (TPSA) is 24.9 Å². The van der Waals surface area contributed by atoms with Crippen LogP contribution in [0.2, 0.25) is 0 Å². The minimum absolute atomic E-state index is 0.462. The van der Waals surface area contributed by atoms with E-state index in [1.165, 1.54) is 6.07 Å². The van der Waals surface area contributed by atoms with Gasteiger partial charge < -0.3 is 5.32 Å².